The van der Waals surface area contributed by atoms with Crippen molar-refractivity contribution >= 4 is 17.7 Å². The summed E-state index contributed by atoms with van der Waals surface area (Å²) in [6.07, 6.45) is -1.17. The summed E-state index contributed by atoms with van der Waals surface area (Å²) in [4.78, 5) is 23.6. The second kappa shape index (κ2) is 11.8. The molecule has 184 valence electrons. The van der Waals surface area contributed by atoms with Gasteiger partial charge in [0.2, 0.25) is 0 Å². The van der Waals surface area contributed by atoms with E-state index >= 15 is 0 Å². The summed E-state index contributed by atoms with van der Waals surface area (Å²) in [6.45, 7) is 0.691. The van der Waals surface area contributed by atoms with Crippen molar-refractivity contribution in [3.8, 4) is 0 Å². The Hall–Kier alpha value is -3.23. The number of esters is 1. The van der Waals surface area contributed by atoms with Crippen molar-refractivity contribution in [3.05, 3.63) is 65.2 Å². The average Bonchev–Trinajstić information content (AvgIpc) is 2.83. The molecule has 0 aliphatic heterocycles. The van der Waals surface area contributed by atoms with Gasteiger partial charge in [-0.1, -0.05) is 30.3 Å². The predicted molar refractivity (Wildman–Crippen MR) is 121 cm³/mol. The third-order valence-electron chi connectivity index (χ3n) is 5.99. The largest absolute Gasteiger partial charge is 0.465 e. The van der Waals surface area contributed by atoms with E-state index in [9.17, 15) is 22.8 Å². The molecule has 1 amide bonds. The summed E-state index contributed by atoms with van der Waals surface area (Å²) in [5.41, 5.74) is 0.0633. The Morgan fingerprint density at radius 1 is 1.03 bits per heavy atom. The number of benzene rings is 2. The van der Waals surface area contributed by atoms with E-state index in [1.807, 2.05) is 30.3 Å². The van der Waals surface area contributed by atoms with E-state index in [2.05, 4.69) is 15.4 Å². The lowest BCUT2D eigenvalue weighted by atomic mass is 9.84. The molecule has 3 rings (SSSR count). The van der Waals surface area contributed by atoms with Crippen molar-refractivity contribution in [1.29, 1.82) is 0 Å². The number of alkyl halides is 3. The SMILES string of the molecule is COC(=O)c1ccc(C(F)(F)F)c(NC2CCC(CCNC(=O)OCc3ccccc3)CC2)c1. The van der Waals surface area contributed by atoms with Gasteiger partial charge in [-0.05, 0) is 61.8 Å². The number of amides is 1. The van der Waals surface area contributed by atoms with Gasteiger partial charge in [-0.2, -0.15) is 13.2 Å². The van der Waals surface area contributed by atoms with Gasteiger partial charge in [0.15, 0.2) is 0 Å². The van der Waals surface area contributed by atoms with Crippen LogP contribution in [0.1, 0.15) is 53.6 Å². The lowest BCUT2D eigenvalue weighted by Crippen LogP contribution is -2.30. The molecule has 2 aromatic rings. The van der Waals surface area contributed by atoms with E-state index in [1.54, 1.807) is 0 Å². The Kier molecular flexibility index (Phi) is 8.79. The molecule has 0 atom stereocenters. The van der Waals surface area contributed by atoms with Crippen molar-refractivity contribution < 1.29 is 32.2 Å². The van der Waals surface area contributed by atoms with Gasteiger partial charge >= 0.3 is 18.2 Å². The number of nitrogens with one attached hydrogen (secondary N) is 2. The van der Waals surface area contributed by atoms with Gasteiger partial charge in [0.1, 0.15) is 6.61 Å². The van der Waals surface area contributed by atoms with Crippen molar-refractivity contribution in [3.63, 3.8) is 0 Å². The van der Waals surface area contributed by atoms with E-state index in [1.165, 1.54) is 13.2 Å². The molecule has 2 N–H and O–H groups in total. The van der Waals surface area contributed by atoms with Crippen LogP contribution in [0.3, 0.4) is 0 Å². The predicted octanol–water partition coefficient (Wildman–Crippen LogP) is 5.78. The van der Waals surface area contributed by atoms with Crippen LogP contribution in [0.5, 0.6) is 0 Å². The van der Waals surface area contributed by atoms with Gasteiger partial charge in [-0.15, -0.1) is 0 Å². The second-order valence-corrected chi connectivity index (χ2v) is 8.39. The Morgan fingerprint density at radius 2 is 1.74 bits per heavy atom. The zero-order valence-corrected chi connectivity index (χ0v) is 19.0. The number of halogens is 3. The third-order valence-corrected chi connectivity index (χ3v) is 5.99. The fourth-order valence-corrected chi connectivity index (χ4v) is 4.12. The standard InChI is InChI=1S/C25H29F3N2O4/c1-33-23(31)19-9-12-21(25(26,27)28)22(15-19)30-20-10-7-17(8-11-20)13-14-29-24(32)34-16-18-5-3-2-4-6-18/h2-6,9,12,15,17,20,30H,7-8,10-11,13-14,16H2,1H3,(H,29,32). The molecule has 2 aromatic carbocycles. The molecule has 0 saturated heterocycles. The minimum Gasteiger partial charge on any atom is -0.465 e. The maximum Gasteiger partial charge on any atom is 0.418 e. The van der Waals surface area contributed by atoms with Gasteiger partial charge in [-0.25, -0.2) is 9.59 Å². The first-order valence-electron chi connectivity index (χ1n) is 11.3. The molecular weight excluding hydrogens is 449 g/mol. The summed E-state index contributed by atoms with van der Waals surface area (Å²) in [6, 6.07) is 12.5. The molecule has 1 fully saturated rings. The highest BCUT2D eigenvalue weighted by molar-refractivity contribution is 5.90. The number of alkyl carbamates (subject to hydrolysis) is 1. The molecule has 1 aliphatic carbocycles. The van der Waals surface area contributed by atoms with Crippen molar-refractivity contribution in [2.75, 3.05) is 19.0 Å². The quantitative estimate of drug-likeness (QED) is 0.471. The zero-order chi connectivity index (χ0) is 24.6. The second-order valence-electron chi connectivity index (χ2n) is 8.39. The first-order chi connectivity index (χ1) is 16.3. The summed E-state index contributed by atoms with van der Waals surface area (Å²) < 4.78 is 50.1. The van der Waals surface area contributed by atoms with Gasteiger partial charge in [0.25, 0.3) is 0 Å². The van der Waals surface area contributed by atoms with E-state index < -0.39 is 23.8 Å². The minimum atomic E-state index is -4.53. The third kappa shape index (κ3) is 7.40. The van der Waals surface area contributed by atoms with Crippen LogP contribution in [0.25, 0.3) is 0 Å². The highest BCUT2D eigenvalue weighted by atomic mass is 19.4. The van der Waals surface area contributed by atoms with E-state index in [-0.39, 0.29) is 23.9 Å². The number of ether oxygens (including phenoxy) is 2. The highest BCUT2D eigenvalue weighted by Gasteiger charge is 2.35. The maximum atomic E-state index is 13.4. The molecule has 0 bridgehead atoms. The van der Waals surface area contributed by atoms with E-state index in [0.29, 0.717) is 25.3 Å². The molecule has 6 nitrogen and oxygen atoms in total. The first-order valence-corrected chi connectivity index (χ1v) is 11.3. The number of anilines is 1. The Morgan fingerprint density at radius 3 is 2.38 bits per heavy atom. The molecule has 0 unspecified atom stereocenters. The molecule has 1 saturated carbocycles. The van der Waals surface area contributed by atoms with Crippen LogP contribution in [0.2, 0.25) is 0 Å². The van der Waals surface area contributed by atoms with Gasteiger partial charge in [-0.3, -0.25) is 0 Å². The highest BCUT2D eigenvalue weighted by Crippen LogP contribution is 2.37. The topological polar surface area (TPSA) is 76.7 Å². The Balaban J connectivity index is 1.44. The van der Waals surface area contributed by atoms with Crippen LogP contribution in [0.4, 0.5) is 23.7 Å². The number of hydrogen-bond acceptors (Lipinski definition) is 5. The number of carbonyl (C=O) groups excluding carboxylic acids is 2. The van der Waals surface area contributed by atoms with E-state index in [0.717, 1.165) is 37.0 Å². The van der Waals surface area contributed by atoms with Crippen molar-refractivity contribution in [2.45, 2.75) is 50.9 Å². The smallest absolute Gasteiger partial charge is 0.418 e. The van der Waals surface area contributed by atoms with Crippen LogP contribution < -0.4 is 10.6 Å². The fraction of sp³-hybridized carbons (Fsp3) is 0.440. The summed E-state index contributed by atoms with van der Waals surface area (Å²) in [7, 11) is 1.19. The monoisotopic (exact) mass is 478 g/mol. The Labute approximate surface area is 196 Å². The summed E-state index contributed by atoms with van der Waals surface area (Å²) >= 11 is 0. The molecule has 0 aromatic heterocycles. The van der Waals surface area contributed by atoms with Crippen molar-refractivity contribution in [1.82, 2.24) is 5.32 Å². The van der Waals surface area contributed by atoms with Gasteiger partial charge < -0.3 is 20.1 Å². The molecule has 9 heteroatoms. The van der Waals surface area contributed by atoms with Crippen LogP contribution in [-0.4, -0.2) is 31.8 Å². The molecule has 34 heavy (non-hydrogen) atoms. The molecule has 1 aliphatic rings. The van der Waals surface area contributed by atoms with Gasteiger partial charge in [0.05, 0.1) is 18.2 Å². The first kappa shape index (κ1) is 25.4. The number of carbonyl (C=O) groups is 2. The Bertz CT molecular complexity index is 958. The fourth-order valence-electron chi connectivity index (χ4n) is 4.12. The molecule has 0 radical (unpaired) electrons. The van der Waals surface area contributed by atoms with Crippen LogP contribution >= 0.6 is 0 Å². The van der Waals surface area contributed by atoms with Crippen LogP contribution in [0, 0.1) is 5.92 Å². The summed E-state index contributed by atoms with van der Waals surface area (Å²) in [5.74, 6) is -0.314. The molecular formula is C25H29F3N2O4. The van der Waals surface area contributed by atoms with Gasteiger partial charge in [0, 0.05) is 18.3 Å². The average molecular weight is 479 g/mol. The number of methoxy groups -OCH3 is 1. The zero-order valence-electron chi connectivity index (χ0n) is 19.0. The normalized spacial score (nSPS) is 18.1. The maximum absolute atomic E-state index is 13.4. The lowest BCUT2D eigenvalue weighted by Gasteiger charge is -2.30. The molecule has 0 heterocycles. The van der Waals surface area contributed by atoms with E-state index in [4.69, 9.17) is 4.74 Å². The van der Waals surface area contributed by atoms with Crippen molar-refractivity contribution in [2.24, 2.45) is 5.92 Å². The summed E-state index contributed by atoms with van der Waals surface area (Å²) in [5, 5.41) is 5.74. The van der Waals surface area contributed by atoms with Crippen LogP contribution in [-0.2, 0) is 22.3 Å². The number of hydrogen-bond donors (Lipinski definition) is 2. The lowest BCUT2D eigenvalue weighted by molar-refractivity contribution is -0.137. The molecule has 0 spiro atoms. The minimum absolute atomic E-state index is 0.0666. The van der Waals surface area contributed by atoms with Crippen LogP contribution in [0.15, 0.2) is 48.5 Å². The number of rotatable bonds is 8.